The zero-order valence-corrected chi connectivity index (χ0v) is 17.1. The van der Waals surface area contributed by atoms with Gasteiger partial charge in [0.25, 0.3) is 0 Å². The number of fused-ring (bicyclic) bond motifs is 1. The second kappa shape index (κ2) is 8.57. The smallest absolute Gasteiger partial charge is 0.240 e. The van der Waals surface area contributed by atoms with E-state index < -0.39 is 5.25 Å². The van der Waals surface area contributed by atoms with Gasteiger partial charge in [-0.1, -0.05) is 49.0 Å². The molecule has 2 heterocycles. The largest absolute Gasteiger partial charge is 0.494 e. The van der Waals surface area contributed by atoms with Crippen LogP contribution in [-0.2, 0) is 11.2 Å². The van der Waals surface area contributed by atoms with E-state index in [1.807, 2.05) is 73.1 Å². The number of hydrogen-bond donors (Lipinski definition) is 2. The van der Waals surface area contributed by atoms with Gasteiger partial charge in [-0.15, -0.1) is 10.2 Å². The lowest BCUT2D eigenvalue weighted by Crippen LogP contribution is -2.41. The molecule has 2 atom stereocenters. The molecular weight excluding hydrogens is 386 g/mol. The van der Waals surface area contributed by atoms with Crippen molar-refractivity contribution >= 4 is 23.4 Å². The summed E-state index contributed by atoms with van der Waals surface area (Å²) in [6.07, 6.45) is 0.747. The van der Waals surface area contributed by atoms with Crippen LogP contribution in [0.1, 0.15) is 31.3 Å². The number of anilines is 1. The van der Waals surface area contributed by atoms with E-state index in [1.54, 1.807) is 0 Å². The predicted octanol–water partition coefficient (Wildman–Crippen LogP) is 3.64. The van der Waals surface area contributed by atoms with Crippen LogP contribution in [0.25, 0.3) is 0 Å². The molecule has 8 heteroatoms. The molecule has 0 unspecified atom stereocenters. The summed E-state index contributed by atoms with van der Waals surface area (Å²) in [5.41, 5.74) is 5.21. The van der Waals surface area contributed by atoms with Crippen LogP contribution in [0.5, 0.6) is 5.75 Å². The Morgan fingerprint density at radius 1 is 1.14 bits per heavy atom. The van der Waals surface area contributed by atoms with Gasteiger partial charge in [0.05, 0.1) is 12.6 Å². The van der Waals surface area contributed by atoms with Gasteiger partial charge in [-0.2, -0.15) is 0 Å². The molecule has 1 aromatic heterocycles. The minimum absolute atomic E-state index is 0.0834. The number of rotatable bonds is 6. The van der Waals surface area contributed by atoms with E-state index >= 15 is 0 Å². The van der Waals surface area contributed by atoms with Gasteiger partial charge in [-0.25, -0.2) is 4.68 Å². The number of amides is 1. The van der Waals surface area contributed by atoms with Gasteiger partial charge in [0.15, 0.2) is 5.82 Å². The third kappa shape index (κ3) is 4.07. The van der Waals surface area contributed by atoms with Crippen molar-refractivity contribution in [1.29, 1.82) is 0 Å². The summed E-state index contributed by atoms with van der Waals surface area (Å²) in [4.78, 5) is 13.2. The van der Waals surface area contributed by atoms with Crippen molar-refractivity contribution in [2.45, 2.75) is 36.7 Å². The predicted molar refractivity (Wildman–Crippen MR) is 114 cm³/mol. The van der Waals surface area contributed by atoms with Crippen molar-refractivity contribution in [2.24, 2.45) is 0 Å². The maximum Gasteiger partial charge on any atom is 0.240 e. The number of thioether (sulfide) groups is 1. The van der Waals surface area contributed by atoms with Crippen LogP contribution in [0, 0.1) is 0 Å². The number of aryl methyl sites for hydroxylation is 1. The molecule has 0 bridgehead atoms. The highest BCUT2D eigenvalue weighted by molar-refractivity contribution is 8.00. The molecule has 150 valence electrons. The number of carbonyl (C=O) groups is 1. The third-order valence-electron chi connectivity index (χ3n) is 4.67. The molecule has 29 heavy (non-hydrogen) atoms. The zero-order chi connectivity index (χ0) is 20.2. The second-order valence-electron chi connectivity index (χ2n) is 6.59. The summed E-state index contributed by atoms with van der Waals surface area (Å²) in [7, 11) is 0. The Hall–Kier alpha value is -3.00. The van der Waals surface area contributed by atoms with Crippen LogP contribution in [0.3, 0.4) is 0 Å². The molecule has 1 aliphatic rings. The first-order valence-corrected chi connectivity index (χ1v) is 10.5. The van der Waals surface area contributed by atoms with E-state index in [2.05, 4.69) is 20.9 Å². The fourth-order valence-electron chi connectivity index (χ4n) is 3.25. The standard InChI is InChI=1S/C21H23N5O2S/c1-3-17-23-24-21-26(17)25-18(14-10-12-16(13-11-14)28-4-2)19(29-21)20(27)22-15-8-6-5-7-9-15/h5-13,18-19,25H,3-4H2,1-2H3,(H,22,27)/t18-,19-/m0/s1. The maximum absolute atomic E-state index is 13.2. The minimum Gasteiger partial charge on any atom is -0.494 e. The van der Waals surface area contributed by atoms with Crippen molar-refractivity contribution in [3.8, 4) is 5.75 Å². The van der Waals surface area contributed by atoms with Gasteiger partial charge in [-0.05, 0) is 36.8 Å². The lowest BCUT2D eigenvalue weighted by atomic mass is 10.0. The molecule has 0 spiro atoms. The average molecular weight is 410 g/mol. The molecule has 7 nitrogen and oxygen atoms in total. The molecule has 0 saturated carbocycles. The average Bonchev–Trinajstić information content (AvgIpc) is 3.16. The van der Waals surface area contributed by atoms with Gasteiger partial charge < -0.3 is 15.5 Å². The van der Waals surface area contributed by atoms with Gasteiger partial charge in [0.2, 0.25) is 11.1 Å². The van der Waals surface area contributed by atoms with Crippen molar-refractivity contribution in [2.75, 3.05) is 17.3 Å². The van der Waals surface area contributed by atoms with Gasteiger partial charge >= 0.3 is 0 Å². The molecule has 3 aromatic rings. The van der Waals surface area contributed by atoms with E-state index in [-0.39, 0.29) is 11.9 Å². The van der Waals surface area contributed by atoms with Gasteiger partial charge in [-0.3, -0.25) is 4.79 Å². The highest BCUT2D eigenvalue weighted by atomic mass is 32.2. The quantitative estimate of drug-likeness (QED) is 0.647. The SMILES string of the molecule is CCOc1ccc([C@@H]2Nn3c(CC)nnc3S[C@@H]2C(=O)Nc2ccccc2)cc1. The first-order chi connectivity index (χ1) is 14.2. The Morgan fingerprint density at radius 2 is 1.90 bits per heavy atom. The molecule has 1 aliphatic heterocycles. The van der Waals surface area contributed by atoms with Crippen LogP contribution < -0.4 is 15.5 Å². The van der Waals surface area contributed by atoms with Crippen molar-refractivity contribution in [3.05, 3.63) is 66.0 Å². The summed E-state index contributed by atoms with van der Waals surface area (Å²) in [6.45, 7) is 4.60. The third-order valence-corrected chi connectivity index (χ3v) is 5.89. The topological polar surface area (TPSA) is 81.1 Å². The molecule has 2 N–H and O–H groups in total. The van der Waals surface area contributed by atoms with E-state index in [9.17, 15) is 4.79 Å². The first-order valence-electron chi connectivity index (χ1n) is 9.65. The minimum atomic E-state index is -0.408. The first kappa shape index (κ1) is 19.3. The Morgan fingerprint density at radius 3 is 2.59 bits per heavy atom. The number of hydrogen-bond acceptors (Lipinski definition) is 6. The van der Waals surface area contributed by atoms with Crippen molar-refractivity contribution in [3.63, 3.8) is 0 Å². The van der Waals surface area contributed by atoms with Crippen LogP contribution in [0.15, 0.2) is 59.8 Å². The molecule has 4 rings (SSSR count). The summed E-state index contributed by atoms with van der Waals surface area (Å²) >= 11 is 1.42. The normalized spacial score (nSPS) is 17.9. The Labute approximate surface area is 173 Å². The van der Waals surface area contributed by atoms with Crippen LogP contribution >= 0.6 is 11.8 Å². The lowest BCUT2D eigenvalue weighted by molar-refractivity contribution is -0.116. The zero-order valence-electron chi connectivity index (χ0n) is 16.3. The van der Waals surface area contributed by atoms with Gasteiger partial charge in [0, 0.05) is 12.1 Å². The summed E-state index contributed by atoms with van der Waals surface area (Å²) in [5, 5.41) is 11.8. The fourth-order valence-corrected chi connectivity index (χ4v) is 4.35. The molecule has 0 fully saturated rings. The molecular formula is C21H23N5O2S. The van der Waals surface area contributed by atoms with Crippen molar-refractivity contribution in [1.82, 2.24) is 14.9 Å². The summed E-state index contributed by atoms with van der Waals surface area (Å²) < 4.78 is 7.44. The number of para-hydroxylation sites is 1. The molecule has 0 radical (unpaired) electrons. The fraction of sp³-hybridized carbons (Fsp3) is 0.286. The van der Waals surface area contributed by atoms with Crippen LogP contribution in [0.4, 0.5) is 5.69 Å². The Kier molecular flexibility index (Phi) is 5.71. The number of nitrogens with zero attached hydrogens (tertiary/aromatic N) is 3. The highest BCUT2D eigenvalue weighted by Gasteiger charge is 2.37. The van der Waals surface area contributed by atoms with E-state index in [4.69, 9.17) is 4.74 Å². The highest BCUT2D eigenvalue weighted by Crippen LogP contribution is 2.38. The van der Waals surface area contributed by atoms with E-state index in [1.165, 1.54) is 11.8 Å². The van der Waals surface area contributed by atoms with Crippen molar-refractivity contribution < 1.29 is 9.53 Å². The van der Waals surface area contributed by atoms with Crippen LogP contribution in [0.2, 0.25) is 0 Å². The molecule has 0 saturated heterocycles. The second-order valence-corrected chi connectivity index (χ2v) is 7.70. The van der Waals surface area contributed by atoms with E-state index in [0.717, 1.165) is 29.2 Å². The maximum atomic E-state index is 13.2. The van der Waals surface area contributed by atoms with Gasteiger partial charge in [0.1, 0.15) is 11.0 Å². The molecule has 1 amide bonds. The number of benzene rings is 2. The number of ether oxygens (including phenoxy) is 1. The molecule has 2 aromatic carbocycles. The lowest BCUT2D eigenvalue weighted by Gasteiger charge is -2.33. The van der Waals surface area contributed by atoms with E-state index in [0.29, 0.717) is 11.8 Å². The number of aromatic nitrogens is 3. The summed E-state index contributed by atoms with van der Waals surface area (Å²) in [6, 6.07) is 17.1. The monoisotopic (exact) mass is 409 g/mol. The number of nitrogens with one attached hydrogen (secondary N) is 2. The number of carbonyl (C=O) groups excluding carboxylic acids is 1. The van der Waals surface area contributed by atoms with Crippen LogP contribution in [-0.4, -0.2) is 32.6 Å². The Balaban J connectivity index is 1.65. The molecule has 0 aliphatic carbocycles. The Bertz CT molecular complexity index is 974. The summed E-state index contributed by atoms with van der Waals surface area (Å²) in [5.74, 6) is 1.56.